The van der Waals surface area contributed by atoms with Gasteiger partial charge in [0.15, 0.2) is 6.54 Å². The van der Waals surface area contributed by atoms with Crippen molar-refractivity contribution in [2.24, 2.45) is 0 Å². The van der Waals surface area contributed by atoms with Crippen LogP contribution >= 0.6 is 22.9 Å². The van der Waals surface area contributed by atoms with Crippen LogP contribution in [0.4, 0.5) is 18.9 Å². The lowest BCUT2D eigenvalue weighted by Crippen LogP contribution is -3.08. The first-order chi connectivity index (χ1) is 12.7. The van der Waals surface area contributed by atoms with E-state index < -0.39 is 17.6 Å². The highest BCUT2D eigenvalue weighted by Gasteiger charge is 2.31. The fourth-order valence-electron chi connectivity index (χ4n) is 2.58. The summed E-state index contributed by atoms with van der Waals surface area (Å²) in [6.07, 6.45) is -4.50. The Kier molecular flexibility index (Phi) is 5.69. The summed E-state index contributed by atoms with van der Waals surface area (Å²) in [5.41, 5.74) is -0.00726. The predicted molar refractivity (Wildman–Crippen MR) is 100 cm³/mol. The lowest BCUT2D eigenvalue weighted by Gasteiger charge is -2.14. The molecule has 0 saturated carbocycles. The lowest BCUT2D eigenvalue weighted by molar-refractivity contribution is -0.885. The second-order valence-corrected chi connectivity index (χ2v) is 7.65. The molecule has 0 aliphatic rings. The van der Waals surface area contributed by atoms with Crippen LogP contribution in [-0.2, 0) is 17.5 Å². The number of halogens is 4. The maximum Gasteiger partial charge on any atom is 0.416 e. The van der Waals surface area contributed by atoms with E-state index in [1.807, 2.05) is 31.3 Å². The van der Waals surface area contributed by atoms with Crippen molar-refractivity contribution >= 4 is 44.7 Å². The molecule has 0 aliphatic carbocycles. The van der Waals surface area contributed by atoms with E-state index in [0.717, 1.165) is 38.3 Å². The van der Waals surface area contributed by atoms with Crippen LogP contribution in [0.2, 0.25) is 5.02 Å². The van der Waals surface area contributed by atoms with Crippen LogP contribution in [0.5, 0.6) is 0 Å². The maximum atomic E-state index is 12.8. The van der Waals surface area contributed by atoms with Crippen molar-refractivity contribution in [3.63, 3.8) is 0 Å². The molecule has 1 atom stereocenters. The minimum atomic E-state index is -4.50. The van der Waals surface area contributed by atoms with Crippen LogP contribution in [0.1, 0.15) is 10.6 Å². The summed E-state index contributed by atoms with van der Waals surface area (Å²) in [5.74, 6) is -0.421. The summed E-state index contributed by atoms with van der Waals surface area (Å²) in [6.45, 7) is 0.603. The van der Waals surface area contributed by atoms with Gasteiger partial charge in [-0.1, -0.05) is 23.7 Å². The van der Waals surface area contributed by atoms with Gasteiger partial charge in [-0.05, 0) is 30.3 Å². The van der Waals surface area contributed by atoms with Gasteiger partial charge in [-0.25, -0.2) is 4.98 Å². The molecule has 0 aliphatic heterocycles. The summed E-state index contributed by atoms with van der Waals surface area (Å²) in [4.78, 5) is 17.6. The average molecular weight is 415 g/mol. The molecule has 1 heterocycles. The van der Waals surface area contributed by atoms with Crippen molar-refractivity contribution in [2.45, 2.75) is 12.7 Å². The molecule has 3 aromatic rings. The fraction of sp³-hybridized carbons (Fsp3) is 0.222. The van der Waals surface area contributed by atoms with Crippen molar-refractivity contribution in [3.05, 3.63) is 58.1 Å². The van der Waals surface area contributed by atoms with Gasteiger partial charge in [-0.15, -0.1) is 11.3 Å². The van der Waals surface area contributed by atoms with Crippen LogP contribution in [0.25, 0.3) is 10.2 Å². The summed E-state index contributed by atoms with van der Waals surface area (Å²) >= 11 is 7.46. The molecule has 3 rings (SSSR count). The van der Waals surface area contributed by atoms with Gasteiger partial charge in [-0.2, -0.15) is 13.2 Å². The number of amides is 1. The molecule has 1 aromatic heterocycles. The number of hydrogen-bond donors (Lipinski definition) is 2. The summed E-state index contributed by atoms with van der Waals surface area (Å²) < 4.78 is 39.5. The fourth-order valence-corrected chi connectivity index (χ4v) is 3.83. The molecule has 0 saturated heterocycles. The zero-order valence-electron chi connectivity index (χ0n) is 14.2. The SMILES string of the molecule is C[NH+](CC(=O)Nc1cc(C(F)(F)F)ccc1Cl)Cc1nc2ccccc2s1. The first-order valence-corrected chi connectivity index (χ1v) is 9.24. The van der Waals surface area contributed by atoms with Crippen LogP contribution in [0, 0.1) is 0 Å². The number of carbonyl (C=O) groups excluding carboxylic acids is 1. The van der Waals surface area contributed by atoms with Crippen molar-refractivity contribution in [2.75, 3.05) is 18.9 Å². The van der Waals surface area contributed by atoms with Crippen molar-refractivity contribution in [1.82, 2.24) is 4.98 Å². The molecule has 1 unspecified atom stereocenters. The zero-order valence-corrected chi connectivity index (χ0v) is 15.8. The molecule has 142 valence electrons. The summed E-state index contributed by atoms with van der Waals surface area (Å²) in [7, 11) is 1.82. The third-order valence-electron chi connectivity index (χ3n) is 3.82. The second-order valence-electron chi connectivity index (χ2n) is 6.13. The highest BCUT2D eigenvalue weighted by Crippen LogP contribution is 2.33. The van der Waals surface area contributed by atoms with Gasteiger partial charge in [0.2, 0.25) is 0 Å². The number of anilines is 1. The second kappa shape index (κ2) is 7.84. The molecule has 9 heteroatoms. The maximum absolute atomic E-state index is 12.8. The van der Waals surface area contributed by atoms with E-state index in [1.54, 1.807) is 11.3 Å². The molecule has 0 radical (unpaired) electrons. The molecule has 2 aromatic carbocycles. The number of hydrogen-bond acceptors (Lipinski definition) is 3. The number of fused-ring (bicyclic) bond motifs is 1. The topological polar surface area (TPSA) is 46.4 Å². The van der Waals surface area contributed by atoms with Crippen LogP contribution < -0.4 is 10.2 Å². The zero-order chi connectivity index (χ0) is 19.6. The number of nitrogens with one attached hydrogen (secondary N) is 2. The Balaban J connectivity index is 1.63. The number of thiazole rings is 1. The predicted octanol–water partition coefficient (Wildman–Crippen LogP) is 3.62. The number of alkyl halides is 3. The van der Waals surface area contributed by atoms with Gasteiger partial charge in [-0.3, -0.25) is 4.79 Å². The molecule has 0 bridgehead atoms. The van der Waals surface area contributed by atoms with Crippen LogP contribution in [0.15, 0.2) is 42.5 Å². The van der Waals surface area contributed by atoms with Gasteiger partial charge >= 0.3 is 6.18 Å². The number of rotatable bonds is 5. The van der Waals surface area contributed by atoms with E-state index in [-0.39, 0.29) is 17.3 Å². The minimum Gasteiger partial charge on any atom is -0.324 e. The molecule has 0 spiro atoms. The minimum absolute atomic E-state index is 0.0516. The molecule has 4 nitrogen and oxygen atoms in total. The molecule has 0 fully saturated rings. The number of benzene rings is 2. The van der Waals surface area contributed by atoms with Crippen molar-refractivity contribution < 1.29 is 22.9 Å². The standard InChI is InChI=1S/C18H15ClF3N3OS/c1-25(10-17-24-13-4-2-3-5-15(13)27-17)9-16(26)23-14-8-11(18(20,21)22)6-7-12(14)19/h2-8H,9-10H2,1H3,(H,23,26)/p+1. The number of quaternary nitrogens is 1. The molecule has 2 N–H and O–H groups in total. The number of para-hydroxylation sites is 1. The largest absolute Gasteiger partial charge is 0.416 e. The van der Waals surface area contributed by atoms with E-state index in [1.165, 1.54) is 0 Å². The quantitative estimate of drug-likeness (QED) is 0.670. The Bertz CT molecular complexity index is 941. The van der Waals surface area contributed by atoms with Gasteiger partial charge in [0.25, 0.3) is 5.91 Å². The Morgan fingerprint density at radius 2 is 2.00 bits per heavy atom. The Morgan fingerprint density at radius 3 is 2.70 bits per heavy atom. The first-order valence-electron chi connectivity index (χ1n) is 8.05. The normalized spacial score (nSPS) is 12.9. The highest BCUT2D eigenvalue weighted by molar-refractivity contribution is 7.18. The van der Waals surface area contributed by atoms with Crippen molar-refractivity contribution in [3.8, 4) is 0 Å². The Morgan fingerprint density at radius 1 is 1.26 bits per heavy atom. The Labute approximate surface area is 162 Å². The van der Waals surface area contributed by atoms with Gasteiger partial charge in [0.1, 0.15) is 11.6 Å². The van der Waals surface area contributed by atoms with E-state index in [4.69, 9.17) is 11.6 Å². The van der Waals surface area contributed by atoms with Gasteiger partial charge < -0.3 is 10.2 Å². The summed E-state index contributed by atoms with van der Waals surface area (Å²) in [5, 5.41) is 3.40. The van der Waals surface area contributed by atoms with E-state index >= 15 is 0 Å². The number of likely N-dealkylation sites (N-methyl/N-ethyl adjacent to an activating group) is 1. The van der Waals surface area contributed by atoms with Crippen molar-refractivity contribution in [1.29, 1.82) is 0 Å². The lowest BCUT2D eigenvalue weighted by atomic mass is 10.2. The number of nitrogens with zero attached hydrogens (tertiary/aromatic N) is 1. The molecule has 27 heavy (non-hydrogen) atoms. The van der Waals surface area contributed by atoms with Gasteiger partial charge in [0, 0.05) is 0 Å². The number of aromatic nitrogens is 1. The van der Waals surface area contributed by atoms with Gasteiger partial charge in [0.05, 0.1) is 33.5 Å². The average Bonchev–Trinajstić information content (AvgIpc) is 2.97. The third kappa shape index (κ3) is 4.97. The van der Waals surface area contributed by atoms with E-state index in [0.29, 0.717) is 6.54 Å². The molecular weight excluding hydrogens is 399 g/mol. The highest BCUT2D eigenvalue weighted by atomic mass is 35.5. The van der Waals surface area contributed by atoms with E-state index in [2.05, 4.69) is 10.3 Å². The number of carbonyl (C=O) groups is 1. The smallest absolute Gasteiger partial charge is 0.324 e. The Hall–Kier alpha value is -2.16. The molecule has 1 amide bonds. The third-order valence-corrected chi connectivity index (χ3v) is 5.19. The van der Waals surface area contributed by atoms with Crippen LogP contribution in [0.3, 0.4) is 0 Å². The monoisotopic (exact) mass is 414 g/mol. The molecular formula is C18H16ClF3N3OS+. The van der Waals surface area contributed by atoms with E-state index in [9.17, 15) is 18.0 Å². The summed E-state index contributed by atoms with van der Waals surface area (Å²) in [6, 6.07) is 10.6. The first kappa shape index (κ1) is 19.6. The van der Waals surface area contributed by atoms with Crippen LogP contribution in [-0.4, -0.2) is 24.5 Å².